The summed E-state index contributed by atoms with van der Waals surface area (Å²) < 4.78 is 5.71. The van der Waals surface area contributed by atoms with E-state index in [1.807, 2.05) is 26.0 Å². The van der Waals surface area contributed by atoms with E-state index in [0.717, 1.165) is 0 Å². The fourth-order valence-electron chi connectivity index (χ4n) is 3.36. The molecule has 0 saturated carbocycles. The molecule has 5 heteroatoms. The molecule has 31 heavy (non-hydrogen) atoms. The van der Waals surface area contributed by atoms with Crippen LogP contribution >= 0.6 is 0 Å². The molecule has 0 unspecified atom stereocenters. The van der Waals surface area contributed by atoms with Crippen molar-refractivity contribution in [1.29, 1.82) is 0 Å². The molecule has 1 atom stereocenters. The van der Waals surface area contributed by atoms with E-state index in [2.05, 4.69) is 0 Å². The van der Waals surface area contributed by atoms with Crippen molar-refractivity contribution >= 4 is 17.7 Å². The van der Waals surface area contributed by atoms with Gasteiger partial charge in [0.15, 0.2) is 5.78 Å². The lowest BCUT2D eigenvalue weighted by atomic mass is 9.98. The number of ketones is 1. The highest BCUT2D eigenvalue weighted by Gasteiger charge is 2.30. The Labute approximate surface area is 182 Å². The van der Waals surface area contributed by atoms with Gasteiger partial charge < -0.3 is 9.64 Å². The van der Waals surface area contributed by atoms with Crippen molar-refractivity contribution in [2.24, 2.45) is 0 Å². The number of amides is 1. The number of carbonyl (C=O) groups excluding carboxylic acids is 3. The van der Waals surface area contributed by atoms with Crippen molar-refractivity contribution in [3.05, 3.63) is 107 Å². The number of carbonyl (C=O) groups is 3. The lowest BCUT2D eigenvalue weighted by molar-refractivity contribution is -0.140. The Morgan fingerprint density at radius 1 is 0.742 bits per heavy atom. The largest absolute Gasteiger partial charge is 0.444 e. The zero-order valence-electron chi connectivity index (χ0n) is 17.7. The van der Waals surface area contributed by atoms with Crippen LogP contribution in [-0.4, -0.2) is 35.6 Å². The number of rotatable bonds is 8. The van der Waals surface area contributed by atoms with Crippen molar-refractivity contribution in [3.63, 3.8) is 0 Å². The SMILES string of the molecule is CCN(CC)C(=O)[C@@H](OC(=O)c1ccccc1C(=O)c1ccccc1)c1ccccc1. The fourth-order valence-corrected chi connectivity index (χ4v) is 3.36. The second-order valence-electron chi connectivity index (χ2n) is 6.95. The van der Waals surface area contributed by atoms with Gasteiger partial charge in [-0.25, -0.2) is 4.79 Å². The van der Waals surface area contributed by atoms with Crippen LogP contribution < -0.4 is 0 Å². The van der Waals surface area contributed by atoms with Crippen LogP contribution in [0.5, 0.6) is 0 Å². The highest BCUT2D eigenvalue weighted by molar-refractivity contribution is 6.14. The molecule has 0 bridgehead atoms. The minimum absolute atomic E-state index is 0.129. The highest BCUT2D eigenvalue weighted by Crippen LogP contribution is 2.24. The van der Waals surface area contributed by atoms with Gasteiger partial charge >= 0.3 is 5.97 Å². The molecule has 0 N–H and O–H groups in total. The second kappa shape index (κ2) is 10.3. The Bertz CT molecular complexity index is 1040. The highest BCUT2D eigenvalue weighted by atomic mass is 16.5. The van der Waals surface area contributed by atoms with Crippen molar-refractivity contribution < 1.29 is 19.1 Å². The molecule has 0 radical (unpaired) electrons. The van der Waals surface area contributed by atoms with Gasteiger partial charge in [0.05, 0.1) is 5.56 Å². The zero-order chi connectivity index (χ0) is 22.2. The lowest BCUT2D eigenvalue weighted by Gasteiger charge is -2.25. The number of hydrogen-bond donors (Lipinski definition) is 0. The molecule has 0 aliphatic rings. The van der Waals surface area contributed by atoms with Crippen LogP contribution in [0.15, 0.2) is 84.9 Å². The number of hydrogen-bond acceptors (Lipinski definition) is 4. The Morgan fingerprint density at radius 2 is 1.26 bits per heavy atom. The Kier molecular flexibility index (Phi) is 7.33. The Hall–Kier alpha value is -3.73. The maximum absolute atomic E-state index is 13.1. The van der Waals surface area contributed by atoms with Crippen molar-refractivity contribution in [2.45, 2.75) is 20.0 Å². The first-order chi connectivity index (χ1) is 15.1. The third-order valence-corrected chi connectivity index (χ3v) is 5.05. The minimum atomic E-state index is -1.09. The third kappa shape index (κ3) is 5.07. The van der Waals surface area contributed by atoms with Gasteiger partial charge in [-0.15, -0.1) is 0 Å². The van der Waals surface area contributed by atoms with Crippen molar-refractivity contribution in [3.8, 4) is 0 Å². The molecule has 5 nitrogen and oxygen atoms in total. The molecule has 0 saturated heterocycles. The number of nitrogens with zero attached hydrogens (tertiary/aromatic N) is 1. The number of esters is 1. The van der Waals surface area contributed by atoms with Gasteiger partial charge in [0.2, 0.25) is 6.10 Å². The molecule has 0 aromatic heterocycles. The summed E-state index contributed by atoms with van der Waals surface area (Å²) in [6.45, 7) is 4.75. The second-order valence-corrected chi connectivity index (χ2v) is 6.95. The molecule has 0 fully saturated rings. The number of likely N-dealkylation sites (N-methyl/N-ethyl adjacent to an activating group) is 1. The van der Waals surface area contributed by atoms with Crippen LogP contribution in [-0.2, 0) is 9.53 Å². The van der Waals surface area contributed by atoms with Gasteiger partial charge in [-0.2, -0.15) is 0 Å². The summed E-state index contributed by atoms with van der Waals surface area (Å²) >= 11 is 0. The van der Waals surface area contributed by atoms with Gasteiger partial charge in [-0.3, -0.25) is 9.59 Å². The van der Waals surface area contributed by atoms with Crippen LogP contribution in [0.3, 0.4) is 0 Å². The van der Waals surface area contributed by atoms with Gasteiger partial charge in [0, 0.05) is 29.8 Å². The summed E-state index contributed by atoms with van der Waals surface area (Å²) in [6, 6.07) is 24.2. The van der Waals surface area contributed by atoms with E-state index >= 15 is 0 Å². The van der Waals surface area contributed by atoms with Gasteiger partial charge in [0.25, 0.3) is 5.91 Å². The van der Waals surface area contributed by atoms with E-state index in [1.54, 1.807) is 77.7 Å². The molecular formula is C26H25NO4. The average molecular weight is 415 g/mol. The summed E-state index contributed by atoms with van der Waals surface area (Å²) in [5, 5.41) is 0. The van der Waals surface area contributed by atoms with Crippen LogP contribution in [0.2, 0.25) is 0 Å². The van der Waals surface area contributed by atoms with Crippen molar-refractivity contribution in [2.75, 3.05) is 13.1 Å². The summed E-state index contributed by atoms with van der Waals surface area (Å²) in [6.07, 6.45) is -1.09. The third-order valence-electron chi connectivity index (χ3n) is 5.05. The summed E-state index contributed by atoms with van der Waals surface area (Å²) in [4.78, 5) is 40.8. The first-order valence-corrected chi connectivity index (χ1v) is 10.3. The van der Waals surface area contributed by atoms with Crippen molar-refractivity contribution in [1.82, 2.24) is 4.90 Å². The van der Waals surface area contributed by atoms with Crippen LogP contribution in [0.25, 0.3) is 0 Å². The predicted molar refractivity (Wildman–Crippen MR) is 119 cm³/mol. The van der Waals surface area contributed by atoms with E-state index in [0.29, 0.717) is 24.2 Å². The first kappa shape index (κ1) is 22.0. The zero-order valence-corrected chi connectivity index (χ0v) is 17.7. The average Bonchev–Trinajstić information content (AvgIpc) is 2.83. The minimum Gasteiger partial charge on any atom is -0.444 e. The number of benzene rings is 3. The Morgan fingerprint density at radius 3 is 1.84 bits per heavy atom. The normalized spacial score (nSPS) is 11.4. The van der Waals surface area contributed by atoms with Gasteiger partial charge in [-0.05, 0) is 19.9 Å². The first-order valence-electron chi connectivity index (χ1n) is 10.3. The van der Waals surface area contributed by atoms with Gasteiger partial charge in [-0.1, -0.05) is 78.9 Å². The number of ether oxygens (including phenoxy) is 1. The topological polar surface area (TPSA) is 63.7 Å². The molecule has 1 amide bonds. The lowest BCUT2D eigenvalue weighted by Crippen LogP contribution is -2.36. The van der Waals surface area contributed by atoms with E-state index < -0.39 is 12.1 Å². The van der Waals surface area contributed by atoms with E-state index in [1.165, 1.54) is 0 Å². The molecule has 0 heterocycles. The fraction of sp³-hybridized carbons (Fsp3) is 0.192. The molecular weight excluding hydrogens is 390 g/mol. The molecule has 3 aromatic rings. The smallest absolute Gasteiger partial charge is 0.340 e. The molecule has 0 aliphatic heterocycles. The maximum Gasteiger partial charge on any atom is 0.340 e. The molecule has 0 spiro atoms. The Balaban J connectivity index is 1.94. The monoisotopic (exact) mass is 415 g/mol. The van der Waals surface area contributed by atoms with Gasteiger partial charge in [0.1, 0.15) is 0 Å². The summed E-state index contributed by atoms with van der Waals surface area (Å²) in [5.74, 6) is -1.29. The van der Waals surface area contributed by atoms with E-state index in [9.17, 15) is 14.4 Å². The standard InChI is InChI=1S/C26H25NO4/c1-3-27(4-2)25(29)24(20-15-9-6-10-16-20)31-26(30)22-18-12-11-17-21(22)23(28)19-13-7-5-8-14-19/h5-18,24H,3-4H2,1-2H3/t24-/m0/s1. The summed E-state index contributed by atoms with van der Waals surface area (Å²) in [5.41, 5.74) is 1.42. The van der Waals surface area contributed by atoms with E-state index in [4.69, 9.17) is 4.74 Å². The van der Waals surface area contributed by atoms with Crippen LogP contribution in [0, 0.1) is 0 Å². The quantitative estimate of drug-likeness (QED) is 0.396. The molecule has 0 aliphatic carbocycles. The van der Waals surface area contributed by atoms with Crippen LogP contribution in [0.1, 0.15) is 51.8 Å². The van der Waals surface area contributed by atoms with E-state index in [-0.39, 0.29) is 22.8 Å². The molecule has 3 rings (SSSR count). The maximum atomic E-state index is 13.1. The predicted octanol–water partition coefficient (Wildman–Crippen LogP) is 4.68. The summed E-state index contributed by atoms with van der Waals surface area (Å²) in [7, 11) is 0. The molecule has 158 valence electrons. The van der Waals surface area contributed by atoms with Crippen LogP contribution in [0.4, 0.5) is 0 Å². The molecule has 3 aromatic carbocycles.